The number of carbonyl (C=O) groups excluding carboxylic acids is 1. The quantitative estimate of drug-likeness (QED) is 0.594. The minimum absolute atomic E-state index is 0.131. The van der Waals surface area contributed by atoms with E-state index in [1.165, 1.54) is 0 Å². The van der Waals surface area contributed by atoms with Crippen LogP contribution in [-0.2, 0) is 4.79 Å². The molecule has 6 nitrogen and oxygen atoms in total. The lowest BCUT2D eigenvalue weighted by Gasteiger charge is -2.34. The fraction of sp³-hybridized carbons (Fsp3) is 0.750. The molecule has 0 saturated carbocycles. The Morgan fingerprint density at radius 1 is 1.23 bits per heavy atom. The zero-order chi connectivity index (χ0) is 15.9. The number of amides is 1. The maximum atomic E-state index is 12.5. The molecule has 122 valence electrons. The Labute approximate surface area is 133 Å². The van der Waals surface area contributed by atoms with Crippen LogP contribution in [0.15, 0.2) is 11.8 Å². The first-order chi connectivity index (χ1) is 10.6. The van der Waals surface area contributed by atoms with Gasteiger partial charge in [-0.15, -0.1) is 0 Å². The zero-order valence-corrected chi connectivity index (χ0v) is 13.5. The van der Waals surface area contributed by atoms with Gasteiger partial charge in [0, 0.05) is 58.6 Å². The molecule has 2 fully saturated rings. The molecular formula is C16H27N5O. The van der Waals surface area contributed by atoms with Crippen molar-refractivity contribution in [3.05, 3.63) is 11.8 Å². The summed E-state index contributed by atoms with van der Waals surface area (Å²) in [5.41, 5.74) is 5.82. The predicted molar refractivity (Wildman–Crippen MR) is 85.7 cm³/mol. The molecule has 2 aliphatic rings. The van der Waals surface area contributed by atoms with E-state index in [9.17, 15) is 10.1 Å². The number of hydrogen-bond acceptors (Lipinski definition) is 5. The molecule has 0 spiro atoms. The number of nitrogens with two attached hydrogens (primary N) is 1. The first-order valence-electron chi connectivity index (χ1n) is 8.21. The maximum Gasteiger partial charge on any atom is 0.266 e. The SMILES string of the molecule is CC1CCN(/C=C(/C#N)C(=O)N2CCN(CCN)CC2)CC1. The molecule has 2 aliphatic heterocycles. The van der Waals surface area contributed by atoms with Crippen molar-refractivity contribution in [2.45, 2.75) is 19.8 Å². The summed E-state index contributed by atoms with van der Waals surface area (Å²) in [6.45, 7) is 8.65. The van der Waals surface area contributed by atoms with Gasteiger partial charge >= 0.3 is 0 Å². The van der Waals surface area contributed by atoms with Gasteiger partial charge in [0.15, 0.2) is 0 Å². The molecule has 0 unspecified atom stereocenters. The third kappa shape index (κ3) is 4.46. The van der Waals surface area contributed by atoms with Crippen LogP contribution >= 0.6 is 0 Å². The smallest absolute Gasteiger partial charge is 0.266 e. The Bertz CT molecular complexity index is 440. The first kappa shape index (κ1) is 16.8. The second-order valence-electron chi connectivity index (χ2n) is 6.30. The van der Waals surface area contributed by atoms with E-state index in [1.54, 1.807) is 11.1 Å². The molecule has 6 heteroatoms. The van der Waals surface area contributed by atoms with Gasteiger partial charge in [-0.2, -0.15) is 5.26 Å². The number of rotatable bonds is 4. The minimum atomic E-state index is -0.131. The topological polar surface area (TPSA) is 76.6 Å². The van der Waals surface area contributed by atoms with Crippen molar-refractivity contribution in [1.29, 1.82) is 5.26 Å². The fourth-order valence-corrected chi connectivity index (χ4v) is 3.00. The summed E-state index contributed by atoms with van der Waals surface area (Å²) in [4.78, 5) is 18.7. The number of carbonyl (C=O) groups is 1. The van der Waals surface area contributed by atoms with E-state index in [1.807, 2.05) is 0 Å². The summed E-state index contributed by atoms with van der Waals surface area (Å²) in [5.74, 6) is 0.607. The number of hydrogen-bond donors (Lipinski definition) is 1. The molecular weight excluding hydrogens is 278 g/mol. The minimum Gasteiger partial charge on any atom is -0.376 e. The third-order valence-electron chi connectivity index (χ3n) is 4.59. The molecule has 1 amide bonds. The molecule has 0 aromatic rings. The standard InChI is InChI=1S/C16H27N5O/c1-14-2-5-20(6-3-14)13-15(12-18)16(22)21-10-8-19(7-4-17)9-11-21/h13-14H,2-11,17H2,1H3/b15-13-. The largest absolute Gasteiger partial charge is 0.376 e. The second kappa shape index (κ2) is 8.16. The van der Waals surface area contributed by atoms with Gasteiger partial charge < -0.3 is 15.5 Å². The molecule has 0 atom stereocenters. The molecule has 0 aromatic heterocycles. The second-order valence-corrected chi connectivity index (χ2v) is 6.30. The van der Waals surface area contributed by atoms with Gasteiger partial charge in [-0.05, 0) is 18.8 Å². The lowest BCUT2D eigenvalue weighted by Crippen LogP contribution is -2.50. The van der Waals surface area contributed by atoms with Crippen molar-refractivity contribution >= 4 is 5.91 Å². The monoisotopic (exact) mass is 305 g/mol. The van der Waals surface area contributed by atoms with Crippen molar-refractivity contribution < 1.29 is 4.79 Å². The summed E-state index contributed by atoms with van der Waals surface area (Å²) in [6, 6.07) is 2.09. The van der Waals surface area contributed by atoms with Crippen LogP contribution < -0.4 is 5.73 Å². The van der Waals surface area contributed by atoms with Crippen molar-refractivity contribution in [1.82, 2.24) is 14.7 Å². The van der Waals surface area contributed by atoms with Crippen LogP contribution in [0.3, 0.4) is 0 Å². The molecule has 22 heavy (non-hydrogen) atoms. The normalized spacial score (nSPS) is 21.8. The van der Waals surface area contributed by atoms with Crippen molar-refractivity contribution in [3.63, 3.8) is 0 Å². The van der Waals surface area contributed by atoms with Crippen LogP contribution in [0.4, 0.5) is 0 Å². The van der Waals surface area contributed by atoms with E-state index >= 15 is 0 Å². The molecule has 0 aromatic carbocycles. The maximum absolute atomic E-state index is 12.5. The lowest BCUT2D eigenvalue weighted by atomic mass is 9.99. The lowest BCUT2D eigenvalue weighted by molar-refractivity contribution is -0.128. The zero-order valence-electron chi connectivity index (χ0n) is 13.5. The number of piperidine rings is 1. The highest BCUT2D eigenvalue weighted by molar-refractivity contribution is 5.97. The summed E-state index contributed by atoms with van der Waals surface area (Å²) in [6.07, 6.45) is 4.02. The average Bonchev–Trinajstić information content (AvgIpc) is 2.55. The Balaban J connectivity index is 1.91. The van der Waals surface area contributed by atoms with Gasteiger partial charge in [0.1, 0.15) is 11.6 Å². The van der Waals surface area contributed by atoms with Crippen molar-refractivity contribution in [2.75, 3.05) is 52.4 Å². The Kier molecular flexibility index (Phi) is 6.22. The molecule has 2 N–H and O–H groups in total. The van der Waals surface area contributed by atoms with Gasteiger partial charge in [-0.3, -0.25) is 9.69 Å². The van der Waals surface area contributed by atoms with Crippen LogP contribution in [0.5, 0.6) is 0 Å². The van der Waals surface area contributed by atoms with Gasteiger partial charge in [-0.1, -0.05) is 6.92 Å². The Morgan fingerprint density at radius 2 is 1.86 bits per heavy atom. The number of piperazine rings is 1. The third-order valence-corrected chi connectivity index (χ3v) is 4.59. The van der Waals surface area contributed by atoms with Crippen LogP contribution in [0.25, 0.3) is 0 Å². The molecule has 2 rings (SSSR count). The summed E-state index contributed by atoms with van der Waals surface area (Å²) >= 11 is 0. The Morgan fingerprint density at radius 3 is 2.41 bits per heavy atom. The molecule has 0 bridgehead atoms. The first-order valence-corrected chi connectivity index (χ1v) is 8.21. The molecule has 0 radical (unpaired) electrons. The van der Waals surface area contributed by atoms with Gasteiger partial charge in [0.2, 0.25) is 0 Å². The molecule has 2 saturated heterocycles. The predicted octanol–water partition coefficient (Wildman–Crippen LogP) is 0.229. The highest BCUT2D eigenvalue weighted by atomic mass is 16.2. The van der Waals surface area contributed by atoms with E-state index in [0.717, 1.165) is 51.5 Å². The van der Waals surface area contributed by atoms with E-state index < -0.39 is 0 Å². The number of nitriles is 1. The Hall–Kier alpha value is -1.58. The van der Waals surface area contributed by atoms with E-state index in [2.05, 4.69) is 22.8 Å². The highest BCUT2D eigenvalue weighted by Crippen LogP contribution is 2.17. The van der Waals surface area contributed by atoms with Crippen LogP contribution in [0, 0.1) is 17.2 Å². The van der Waals surface area contributed by atoms with Gasteiger partial charge in [0.05, 0.1) is 0 Å². The molecule has 2 heterocycles. The molecule has 0 aliphatic carbocycles. The summed E-state index contributed by atoms with van der Waals surface area (Å²) in [7, 11) is 0. The highest BCUT2D eigenvalue weighted by Gasteiger charge is 2.24. The average molecular weight is 305 g/mol. The van der Waals surface area contributed by atoms with E-state index in [0.29, 0.717) is 19.6 Å². The van der Waals surface area contributed by atoms with Crippen LogP contribution in [0.2, 0.25) is 0 Å². The van der Waals surface area contributed by atoms with E-state index in [4.69, 9.17) is 5.73 Å². The van der Waals surface area contributed by atoms with E-state index in [-0.39, 0.29) is 11.5 Å². The summed E-state index contributed by atoms with van der Waals surface area (Å²) < 4.78 is 0. The number of likely N-dealkylation sites (tertiary alicyclic amines) is 1. The van der Waals surface area contributed by atoms with Gasteiger partial charge in [0.25, 0.3) is 5.91 Å². The van der Waals surface area contributed by atoms with Crippen molar-refractivity contribution in [3.8, 4) is 6.07 Å². The van der Waals surface area contributed by atoms with Crippen molar-refractivity contribution in [2.24, 2.45) is 11.7 Å². The number of nitrogens with zero attached hydrogens (tertiary/aromatic N) is 4. The summed E-state index contributed by atoms with van der Waals surface area (Å²) in [5, 5.41) is 9.33. The fourth-order valence-electron chi connectivity index (χ4n) is 3.00. The van der Waals surface area contributed by atoms with Crippen LogP contribution in [-0.4, -0.2) is 73.0 Å². The van der Waals surface area contributed by atoms with Gasteiger partial charge in [-0.25, -0.2) is 0 Å². The van der Waals surface area contributed by atoms with Crippen LogP contribution in [0.1, 0.15) is 19.8 Å².